The Morgan fingerprint density at radius 2 is 2.19 bits per heavy atom. The third kappa shape index (κ3) is 4.57. The van der Waals surface area contributed by atoms with Gasteiger partial charge in [0.25, 0.3) is 0 Å². The minimum Gasteiger partial charge on any atom is -0.326 e. The molecule has 0 spiro atoms. The molecule has 0 aromatic heterocycles. The largest absolute Gasteiger partial charge is 0.326 e. The van der Waals surface area contributed by atoms with Crippen molar-refractivity contribution in [3.63, 3.8) is 0 Å². The van der Waals surface area contributed by atoms with Gasteiger partial charge in [0.05, 0.1) is 11.6 Å². The molecule has 1 aromatic carbocycles. The van der Waals surface area contributed by atoms with Crippen molar-refractivity contribution in [1.29, 1.82) is 5.26 Å². The van der Waals surface area contributed by atoms with E-state index in [9.17, 15) is 4.79 Å². The van der Waals surface area contributed by atoms with Gasteiger partial charge >= 0.3 is 0 Å². The number of anilines is 1. The first kappa shape index (κ1) is 15.5. The molecule has 1 N–H and O–H groups in total. The number of nitriles is 1. The van der Waals surface area contributed by atoms with Gasteiger partial charge in [-0.2, -0.15) is 5.26 Å². The molecule has 0 atom stereocenters. The number of carbonyl (C=O) groups is 1. The molecule has 1 aromatic rings. The molecule has 21 heavy (non-hydrogen) atoms. The van der Waals surface area contributed by atoms with E-state index >= 15 is 0 Å². The van der Waals surface area contributed by atoms with E-state index in [1.807, 2.05) is 6.07 Å². The molecule has 1 fully saturated rings. The van der Waals surface area contributed by atoms with E-state index < -0.39 is 0 Å². The summed E-state index contributed by atoms with van der Waals surface area (Å²) < 4.78 is 0. The van der Waals surface area contributed by atoms with E-state index in [0.29, 0.717) is 23.7 Å². The van der Waals surface area contributed by atoms with Crippen LogP contribution in [0.5, 0.6) is 0 Å². The summed E-state index contributed by atoms with van der Waals surface area (Å²) in [6.45, 7) is 3.97. The van der Waals surface area contributed by atoms with Gasteiger partial charge in [-0.15, -0.1) is 0 Å². The van der Waals surface area contributed by atoms with E-state index in [4.69, 9.17) is 5.26 Å². The number of amides is 1. The van der Waals surface area contributed by atoms with Crippen LogP contribution in [0.2, 0.25) is 0 Å². The molecule has 1 aliphatic rings. The van der Waals surface area contributed by atoms with Crippen molar-refractivity contribution in [1.82, 2.24) is 4.90 Å². The quantitative estimate of drug-likeness (QED) is 0.873. The Morgan fingerprint density at radius 1 is 1.43 bits per heavy atom. The van der Waals surface area contributed by atoms with Crippen LogP contribution < -0.4 is 5.32 Å². The Balaban J connectivity index is 1.82. The fourth-order valence-electron chi connectivity index (χ4n) is 3.00. The summed E-state index contributed by atoms with van der Waals surface area (Å²) in [6, 6.07) is 9.76. The standard InChI is InChI=1S/C17H23N3O/c1-2-20(16-8-3-4-9-16)11-10-17(21)19-15-7-5-6-14(12-15)13-18/h5-7,12,16H,2-4,8-11H2,1H3,(H,19,21). The molecule has 1 aliphatic carbocycles. The molecule has 0 radical (unpaired) electrons. The van der Waals surface area contributed by atoms with Crippen LogP contribution in [0.15, 0.2) is 24.3 Å². The number of hydrogen-bond acceptors (Lipinski definition) is 3. The number of nitrogens with one attached hydrogen (secondary N) is 1. The first-order chi connectivity index (χ1) is 10.2. The van der Waals surface area contributed by atoms with Crippen LogP contribution in [0.3, 0.4) is 0 Å². The molecule has 0 aliphatic heterocycles. The summed E-state index contributed by atoms with van der Waals surface area (Å²) in [5, 5.41) is 11.7. The first-order valence-corrected chi connectivity index (χ1v) is 7.77. The van der Waals surface area contributed by atoms with Gasteiger partial charge < -0.3 is 10.2 Å². The highest BCUT2D eigenvalue weighted by Gasteiger charge is 2.21. The zero-order valence-corrected chi connectivity index (χ0v) is 12.6. The van der Waals surface area contributed by atoms with Gasteiger partial charge in [0.1, 0.15) is 0 Å². The third-order valence-corrected chi connectivity index (χ3v) is 4.15. The summed E-state index contributed by atoms with van der Waals surface area (Å²) in [5.41, 5.74) is 1.26. The van der Waals surface area contributed by atoms with Crippen molar-refractivity contribution in [3.05, 3.63) is 29.8 Å². The maximum Gasteiger partial charge on any atom is 0.225 e. The second-order valence-corrected chi connectivity index (χ2v) is 5.56. The summed E-state index contributed by atoms with van der Waals surface area (Å²) in [6.07, 6.45) is 5.66. The number of carbonyl (C=O) groups excluding carboxylic acids is 1. The lowest BCUT2D eigenvalue weighted by Gasteiger charge is -2.27. The average molecular weight is 285 g/mol. The first-order valence-electron chi connectivity index (χ1n) is 7.77. The Morgan fingerprint density at radius 3 is 2.86 bits per heavy atom. The Labute approximate surface area is 126 Å². The maximum atomic E-state index is 12.0. The van der Waals surface area contributed by atoms with Crippen LogP contribution in [0.1, 0.15) is 44.6 Å². The minimum absolute atomic E-state index is 0.0153. The molecular formula is C17H23N3O. The van der Waals surface area contributed by atoms with Crippen LogP contribution in [0.25, 0.3) is 0 Å². The molecule has 112 valence electrons. The summed E-state index contributed by atoms with van der Waals surface area (Å²) in [5.74, 6) is 0.0153. The topological polar surface area (TPSA) is 56.1 Å². The second kappa shape index (κ2) is 7.80. The SMILES string of the molecule is CCN(CCC(=O)Nc1cccc(C#N)c1)C1CCCC1. The molecule has 4 heteroatoms. The van der Waals surface area contributed by atoms with Gasteiger partial charge in [-0.1, -0.05) is 25.8 Å². The highest BCUT2D eigenvalue weighted by Crippen LogP contribution is 2.23. The minimum atomic E-state index is 0.0153. The van der Waals surface area contributed by atoms with Crippen LogP contribution in [0.4, 0.5) is 5.69 Å². The molecule has 2 rings (SSSR count). The van der Waals surface area contributed by atoms with E-state index in [1.165, 1.54) is 25.7 Å². The van der Waals surface area contributed by atoms with Gasteiger partial charge in [-0.25, -0.2) is 0 Å². The van der Waals surface area contributed by atoms with Gasteiger partial charge in [-0.3, -0.25) is 4.79 Å². The van der Waals surface area contributed by atoms with Crippen molar-refractivity contribution in [2.45, 2.75) is 45.1 Å². The van der Waals surface area contributed by atoms with Gasteiger partial charge in [0, 0.05) is 24.7 Å². The highest BCUT2D eigenvalue weighted by atomic mass is 16.1. The molecule has 1 saturated carbocycles. The van der Waals surface area contributed by atoms with E-state index in [-0.39, 0.29) is 5.91 Å². The Hall–Kier alpha value is -1.86. The monoisotopic (exact) mass is 285 g/mol. The molecular weight excluding hydrogens is 262 g/mol. The smallest absolute Gasteiger partial charge is 0.225 e. The number of benzene rings is 1. The van der Waals surface area contributed by atoms with E-state index in [0.717, 1.165) is 13.1 Å². The number of nitrogens with zero attached hydrogens (tertiary/aromatic N) is 2. The molecule has 0 unspecified atom stereocenters. The zero-order chi connectivity index (χ0) is 15.1. The highest BCUT2D eigenvalue weighted by molar-refractivity contribution is 5.90. The van der Waals surface area contributed by atoms with E-state index in [2.05, 4.69) is 23.2 Å². The third-order valence-electron chi connectivity index (χ3n) is 4.15. The fourth-order valence-corrected chi connectivity index (χ4v) is 3.00. The number of rotatable bonds is 6. The van der Waals surface area contributed by atoms with Crippen LogP contribution in [-0.2, 0) is 4.79 Å². The van der Waals surface area contributed by atoms with Gasteiger partial charge in [0.15, 0.2) is 0 Å². The molecule has 0 saturated heterocycles. The zero-order valence-electron chi connectivity index (χ0n) is 12.6. The lowest BCUT2D eigenvalue weighted by Crippen LogP contribution is -2.35. The van der Waals surface area contributed by atoms with Crippen LogP contribution in [-0.4, -0.2) is 29.9 Å². The molecule has 0 heterocycles. The lowest BCUT2D eigenvalue weighted by atomic mass is 10.2. The van der Waals surface area contributed by atoms with Crippen LogP contribution in [0, 0.1) is 11.3 Å². The van der Waals surface area contributed by atoms with Crippen molar-refractivity contribution < 1.29 is 4.79 Å². The van der Waals surface area contributed by atoms with Crippen molar-refractivity contribution in [2.75, 3.05) is 18.4 Å². The normalized spacial score (nSPS) is 15.1. The average Bonchev–Trinajstić information content (AvgIpc) is 3.02. The Kier molecular flexibility index (Phi) is 5.77. The molecule has 0 bridgehead atoms. The predicted octanol–water partition coefficient (Wildman–Crippen LogP) is 3.15. The van der Waals surface area contributed by atoms with Crippen molar-refractivity contribution in [3.8, 4) is 6.07 Å². The second-order valence-electron chi connectivity index (χ2n) is 5.56. The summed E-state index contributed by atoms with van der Waals surface area (Å²) in [7, 11) is 0. The van der Waals surface area contributed by atoms with E-state index in [1.54, 1.807) is 18.2 Å². The summed E-state index contributed by atoms with van der Waals surface area (Å²) >= 11 is 0. The lowest BCUT2D eigenvalue weighted by molar-refractivity contribution is -0.116. The molecule has 1 amide bonds. The van der Waals surface area contributed by atoms with Gasteiger partial charge in [0.2, 0.25) is 5.91 Å². The fraction of sp³-hybridized carbons (Fsp3) is 0.529. The van der Waals surface area contributed by atoms with Gasteiger partial charge in [-0.05, 0) is 37.6 Å². The van der Waals surface area contributed by atoms with Crippen LogP contribution >= 0.6 is 0 Å². The number of hydrogen-bond donors (Lipinski definition) is 1. The van der Waals surface area contributed by atoms with Crippen molar-refractivity contribution in [2.24, 2.45) is 0 Å². The Bertz CT molecular complexity index is 515. The molecule has 4 nitrogen and oxygen atoms in total. The predicted molar refractivity (Wildman–Crippen MR) is 83.9 cm³/mol. The maximum absolute atomic E-state index is 12.0. The van der Waals surface area contributed by atoms with Crippen molar-refractivity contribution >= 4 is 11.6 Å². The summed E-state index contributed by atoms with van der Waals surface area (Å²) in [4.78, 5) is 14.4.